The van der Waals surface area contributed by atoms with Gasteiger partial charge in [-0.1, -0.05) is 17.4 Å². The van der Waals surface area contributed by atoms with Crippen molar-refractivity contribution in [3.05, 3.63) is 42.0 Å². The Morgan fingerprint density at radius 2 is 2.27 bits per heavy atom. The molecule has 1 amide bonds. The molecule has 2 aromatic heterocycles. The highest BCUT2D eigenvalue weighted by Crippen LogP contribution is 2.28. The first kappa shape index (κ1) is 21.6. The van der Waals surface area contributed by atoms with Crippen molar-refractivity contribution in [2.24, 2.45) is 10.7 Å². The van der Waals surface area contributed by atoms with E-state index in [0.717, 1.165) is 17.5 Å². The van der Waals surface area contributed by atoms with Crippen LogP contribution in [-0.2, 0) is 0 Å². The molecule has 1 aliphatic heterocycles. The molecule has 3 heterocycles. The van der Waals surface area contributed by atoms with Gasteiger partial charge in [0.15, 0.2) is 5.69 Å². The number of pyridine rings is 1. The van der Waals surface area contributed by atoms with Crippen LogP contribution in [-0.4, -0.2) is 65.8 Å². The smallest absolute Gasteiger partial charge is 0.277 e. The van der Waals surface area contributed by atoms with Crippen LogP contribution >= 0.6 is 11.3 Å². The summed E-state index contributed by atoms with van der Waals surface area (Å²) in [6.07, 6.45) is 2.72. The van der Waals surface area contributed by atoms with Crippen molar-refractivity contribution in [1.29, 1.82) is 0 Å². The number of nitrogen functional groups attached to an aromatic ring is 1. The molecule has 0 bridgehead atoms. The number of nitrogens with zero attached hydrogens (tertiary/aromatic N) is 4. The zero-order valence-electron chi connectivity index (χ0n) is 16.2. The predicted octanol–water partition coefficient (Wildman–Crippen LogP) is 0.886. The molecule has 0 radical (unpaired) electrons. The van der Waals surface area contributed by atoms with Crippen LogP contribution in [0.4, 0.5) is 13.8 Å². The summed E-state index contributed by atoms with van der Waals surface area (Å²) in [6, 6.07) is 5.31. The molecule has 1 aliphatic rings. The number of halogens is 2. The van der Waals surface area contributed by atoms with Crippen LogP contribution < -0.4 is 22.1 Å². The minimum Gasteiger partial charge on any atom is -0.403 e. The molecule has 0 spiro atoms. The van der Waals surface area contributed by atoms with Crippen molar-refractivity contribution < 1.29 is 13.6 Å². The van der Waals surface area contributed by atoms with Gasteiger partial charge in [0.1, 0.15) is 15.8 Å². The summed E-state index contributed by atoms with van der Waals surface area (Å²) in [5.41, 5.74) is 12.3. The Hall–Kier alpha value is -3.12. The van der Waals surface area contributed by atoms with Crippen molar-refractivity contribution in [2.45, 2.75) is 5.92 Å². The number of aromatic nitrogens is 2. The first-order valence-corrected chi connectivity index (χ1v) is 9.88. The molecule has 0 atom stereocenters. The molecule has 30 heavy (non-hydrogen) atoms. The minimum absolute atomic E-state index is 0.00156. The lowest BCUT2D eigenvalue weighted by Gasteiger charge is -2.28. The Labute approximate surface area is 175 Å². The lowest BCUT2D eigenvalue weighted by atomic mass is 10.2. The number of nitrogens with two attached hydrogens (primary N) is 2. The second kappa shape index (κ2) is 9.13. The molecule has 9 nitrogen and oxygen atoms in total. The molecular weight excluding hydrogens is 414 g/mol. The van der Waals surface area contributed by atoms with Crippen LogP contribution in [0.25, 0.3) is 10.7 Å². The van der Waals surface area contributed by atoms with Crippen LogP contribution in [0.5, 0.6) is 0 Å². The number of aliphatic imine (C=N–C) groups is 1. The first-order chi connectivity index (χ1) is 14.3. The molecule has 3 rings (SSSR count). The van der Waals surface area contributed by atoms with Gasteiger partial charge in [-0.05, 0) is 12.1 Å². The van der Waals surface area contributed by atoms with Crippen LogP contribution in [0.15, 0.2) is 41.3 Å². The highest BCUT2D eigenvalue weighted by Gasteiger charge is 2.35. The third kappa shape index (κ3) is 4.89. The van der Waals surface area contributed by atoms with Crippen molar-refractivity contribution in [1.82, 2.24) is 25.5 Å². The predicted molar refractivity (Wildman–Crippen MR) is 112 cm³/mol. The fraction of sp³-hybridized carbons (Fsp3) is 0.333. The van der Waals surface area contributed by atoms with Gasteiger partial charge < -0.3 is 27.0 Å². The van der Waals surface area contributed by atoms with Crippen molar-refractivity contribution in [3.63, 3.8) is 0 Å². The monoisotopic (exact) mass is 436 g/mol. The van der Waals surface area contributed by atoms with Crippen LogP contribution in [0, 0.1) is 0 Å². The van der Waals surface area contributed by atoms with Crippen molar-refractivity contribution >= 4 is 28.1 Å². The quantitative estimate of drug-likeness (QED) is 0.413. The van der Waals surface area contributed by atoms with E-state index in [4.69, 9.17) is 11.5 Å². The largest absolute Gasteiger partial charge is 0.403 e. The number of alkyl halides is 2. The van der Waals surface area contributed by atoms with E-state index >= 15 is 0 Å². The number of anilines is 1. The lowest BCUT2D eigenvalue weighted by molar-refractivity contribution is -0.00581. The summed E-state index contributed by atoms with van der Waals surface area (Å²) in [4.78, 5) is 26.7. The van der Waals surface area contributed by atoms with E-state index < -0.39 is 24.9 Å². The van der Waals surface area contributed by atoms with E-state index in [2.05, 4.69) is 25.6 Å². The highest BCUT2D eigenvalue weighted by atomic mass is 32.1. The summed E-state index contributed by atoms with van der Waals surface area (Å²) in [7, 11) is 1.44. The Bertz CT molecular complexity index is 960. The first-order valence-electron chi connectivity index (χ1n) is 9.06. The van der Waals surface area contributed by atoms with Crippen LogP contribution in [0.3, 0.4) is 0 Å². The van der Waals surface area contributed by atoms with E-state index in [0.29, 0.717) is 17.2 Å². The maximum Gasteiger partial charge on any atom is 0.277 e. The lowest BCUT2D eigenvalue weighted by Crippen LogP contribution is -2.45. The third-order valence-electron chi connectivity index (χ3n) is 4.28. The van der Waals surface area contributed by atoms with Gasteiger partial charge in [0.25, 0.3) is 11.8 Å². The van der Waals surface area contributed by atoms with Gasteiger partial charge in [-0.25, -0.2) is 13.8 Å². The Kier molecular flexibility index (Phi) is 6.57. The molecule has 0 unspecified atom stereocenters. The standard InChI is InChI=1S/C18H22F2N8OS/c1-23-15(28-7-6-24-9-18(19,20)10-28)12(8-21)26-16(29)13-14(22)30-17(27-13)11-4-2-3-5-25-11/h2-5,8,24H,6-7,9-10,21-22H2,1H3,(H,26,29). The van der Waals surface area contributed by atoms with Crippen molar-refractivity contribution in [3.8, 4) is 10.7 Å². The van der Waals surface area contributed by atoms with Gasteiger partial charge in [-0.3, -0.25) is 14.8 Å². The number of carbonyl (C=O) groups is 1. The van der Waals surface area contributed by atoms with Crippen LogP contribution in [0.2, 0.25) is 0 Å². The average Bonchev–Trinajstić information content (AvgIpc) is 3.03. The normalized spacial score (nSPS) is 17.5. The van der Waals surface area contributed by atoms with E-state index in [1.165, 1.54) is 11.9 Å². The number of amidine groups is 1. The molecule has 12 heteroatoms. The number of carbonyl (C=O) groups excluding carboxylic acids is 1. The van der Waals surface area contributed by atoms with E-state index in [9.17, 15) is 13.6 Å². The van der Waals surface area contributed by atoms with Crippen molar-refractivity contribution in [2.75, 3.05) is 39.0 Å². The van der Waals surface area contributed by atoms with Gasteiger partial charge in [0.2, 0.25) is 0 Å². The molecule has 160 valence electrons. The van der Waals surface area contributed by atoms with E-state index in [1.54, 1.807) is 24.4 Å². The summed E-state index contributed by atoms with van der Waals surface area (Å²) in [5.74, 6) is -3.43. The Morgan fingerprint density at radius 1 is 1.47 bits per heavy atom. The SMILES string of the molecule is CN=C(C(=CN)NC(=O)c1nc(-c2ccccn2)sc1N)N1CCNCC(F)(F)C1. The summed E-state index contributed by atoms with van der Waals surface area (Å²) in [5, 5.41) is 5.95. The number of thiazole rings is 1. The average molecular weight is 436 g/mol. The van der Waals surface area contributed by atoms with Gasteiger partial charge in [0, 0.05) is 32.5 Å². The highest BCUT2D eigenvalue weighted by molar-refractivity contribution is 7.19. The van der Waals surface area contributed by atoms with Gasteiger partial charge in [-0.15, -0.1) is 0 Å². The second-order valence-electron chi connectivity index (χ2n) is 6.48. The topological polar surface area (TPSA) is 135 Å². The molecule has 6 N–H and O–H groups in total. The zero-order valence-corrected chi connectivity index (χ0v) is 17.0. The second-order valence-corrected chi connectivity index (χ2v) is 7.51. The number of rotatable bonds is 4. The van der Waals surface area contributed by atoms with E-state index in [-0.39, 0.29) is 28.8 Å². The maximum atomic E-state index is 14.0. The molecule has 1 saturated heterocycles. The molecular formula is C18H22F2N8OS. The third-order valence-corrected chi connectivity index (χ3v) is 5.19. The number of hydrogen-bond donors (Lipinski definition) is 4. The van der Waals surface area contributed by atoms with Gasteiger partial charge >= 0.3 is 0 Å². The summed E-state index contributed by atoms with van der Waals surface area (Å²) < 4.78 is 28.0. The molecule has 2 aromatic rings. The fourth-order valence-electron chi connectivity index (χ4n) is 2.96. The van der Waals surface area contributed by atoms with E-state index in [1.807, 2.05) is 0 Å². The number of nitrogens with one attached hydrogen (secondary N) is 2. The maximum absolute atomic E-state index is 14.0. The minimum atomic E-state index is -2.95. The van der Waals surface area contributed by atoms with Gasteiger partial charge in [0.05, 0.1) is 24.5 Å². The summed E-state index contributed by atoms with van der Waals surface area (Å²) >= 11 is 1.12. The Morgan fingerprint density at radius 3 is 2.93 bits per heavy atom. The molecule has 0 aromatic carbocycles. The van der Waals surface area contributed by atoms with Gasteiger partial charge in [-0.2, -0.15) is 0 Å². The van der Waals surface area contributed by atoms with Crippen LogP contribution in [0.1, 0.15) is 10.5 Å². The molecule has 0 saturated carbocycles. The Balaban J connectivity index is 1.80. The molecule has 0 aliphatic carbocycles. The summed E-state index contributed by atoms with van der Waals surface area (Å²) in [6.45, 7) is -0.367. The number of hydrogen-bond acceptors (Lipinski definition) is 8. The zero-order chi connectivity index (χ0) is 21.7. The number of amides is 1. The molecule has 1 fully saturated rings. The fourth-order valence-corrected chi connectivity index (χ4v) is 3.77.